The van der Waals surface area contributed by atoms with E-state index in [1.807, 2.05) is 13.8 Å². The Hall–Kier alpha value is -3.14. The van der Waals surface area contributed by atoms with E-state index in [-0.39, 0.29) is 31.0 Å². The zero-order valence-electron chi connectivity index (χ0n) is 21.3. The van der Waals surface area contributed by atoms with Gasteiger partial charge in [0.2, 0.25) is 0 Å². The summed E-state index contributed by atoms with van der Waals surface area (Å²) in [6.07, 6.45) is -4.21. The molecule has 0 aliphatic carbocycles. The minimum Gasteiger partial charge on any atom is -0.461 e. The van der Waals surface area contributed by atoms with Crippen molar-refractivity contribution in [1.29, 1.82) is 0 Å². The second kappa shape index (κ2) is 12.7. The molecule has 10 heteroatoms. The van der Waals surface area contributed by atoms with E-state index in [1.165, 1.54) is 11.0 Å². The number of alkyl halides is 3. The molecule has 1 heterocycles. The third-order valence-electron chi connectivity index (χ3n) is 5.81. The van der Waals surface area contributed by atoms with Crippen LogP contribution in [-0.2, 0) is 22.2 Å². The Bertz CT molecular complexity index is 1090. The molecule has 1 aromatic carbocycles. The number of carbonyl (C=O) groups is 3. The lowest BCUT2D eigenvalue weighted by Gasteiger charge is -2.23. The lowest BCUT2D eigenvalue weighted by Crippen LogP contribution is -2.37. The highest BCUT2D eigenvalue weighted by atomic mass is 19.4. The van der Waals surface area contributed by atoms with Crippen molar-refractivity contribution in [2.24, 2.45) is 0 Å². The molecule has 1 amide bonds. The van der Waals surface area contributed by atoms with E-state index in [9.17, 15) is 27.6 Å². The summed E-state index contributed by atoms with van der Waals surface area (Å²) in [5.74, 6) is -1.66. The van der Waals surface area contributed by atoms with Gasteiger partial charge in [-0.3, -0.25) is 9.59 Å². The fourth-order valence-electron chi connectivity index (χ4n) is 4.18. The van der Waals surface area contributed by atoms with Crippen LogP contribution in [0, 0.1) is 13.8 Å². The Morgan fingerprint density at radius 2 is 1.75 bits per heavy atom. The summed E-state index contributed by atoms with van der Waals surface area (Å²) >= 11 is 0. The second-order valence-corrected chi connectivity index (χ2v) is 8.18. The third-order valence-corrected chi connectivity index (χ3v) is 5.81. The molecular formula is C26H33F3N2O5. The zero-order valence-corrected chi connectivity index (χ0v) is 21.3. The summed E-state index contributed by atoms with van der Waals surface area (Å²) in [6.45, 7) is 9.84. The first-order valence-corrected chi connectivity index (χ1v) is 11.9. The number of hydrogen-bond donors (Lipinski definition) is 0. The van der Waals surface area contributed by atoms with E-state index in [0.717, 1.165) is 18.2 Å². The normalized spacial score (nSPS) is 11.4. The minimum absolute atomic E-state index is 0.109. The van der Waals surface area contributed by atoms with E-state index in [4.69, 9.17) is 9.47 Å². The predicted molar refractivity (Wildman–Crippen MR) is 128 cm³/mol. The van der Waals surface area contributed by atoms with Gasteiger partial charge in [0, 0.05) is 43.1 Å². The Kier molecular flexibility index (Phi) is 10.3. The standard InChI is InChI=1S/C26H33F3N2O5/c1-6-31-18(5)22(17(4)23(31)25(34)36-8-3)21(32)16-30(13-10-14-35-7-2)24(33)19-11-9-12-20(15-19)26(27,28)29/h9,11-12,15H,6-8,10,13-14,16H2,1-5H3. The van der Waals surface area contributed by atoms with Crippen molar-refractivity contribution in [1.82, 2.24) is 9.47 Å². The van der Waals surface area contributed by atoms with E-state index >= 15 is 0 Å². The van der Waals surface area contributed by atoms with Gasteiger partial charge in [-0.15, -0.1) is 0 Å². The van der Waals surface area contributed by atoms with Gasteiger partial charge >= 0.3 is 12.1 Å². The van der Waals surface area contributed by atoms with Crippen LogP contribution in [0.5, 0.6) is 0 Å². The van der Waals surface area contributed by atoms with Crippen LogP contribution in [0.15, 0.2) is 24.3 Å². The van der Waals surface area contributed by atoms with Gasteiger partial charge in [-0.05, 0) is 64.8 Å². The average Bonchev–Trinajstić information content (AvgIpc) is 3.09. The number of nitrogens with zero attached hydrogens (tertiary/aromatic N) is 2. The lowest BCUT2D eigenvalue weighted by molar-refractivity contribution is -0.137. The van der Waals surface area contributed by atoms with E-state index < -0.39 is 29.4 Å². The number of amides is 1. The fraction of sp³-hybridized carbons (Fsp3) is 0.500. The molecule has 0 N–H and O–H groups in total. The quantitative estimate of drug-likeness (QED) is 0.226. The highest BCUT2D eigenvalue weighted by Crippen LogP contribution is 2.30. The summed E-state index contributed by atoms with van der Waals surface area (Å²) in [7, 11) is 0. The number of aromatic nitrogens is 1. The van der Waals surface area contributed by atoms with Gasteiger partial charge in [0.1, 0.15) is 5.69 Å². The van der Waals surface area contributed by atoms with Gasteiger partial charge in [0.05, 0.1) is 18.7 Å². The van der Waals surface area contributed by atoms with Crippen LogP contribution >= 0.6 is 0 Å². The maximum absolute atomic E-state index is 13.4. The monoisotopic (exact) mass is 510 g/mol. The summed E-state index contributed by atoms with van der Waals surface area (Å²) in [6, 6.07) is 4.13. The highest BCUT2D eigenvalue weighted by molar-refractivity contribution is 6.06. The van der Waals surface area contributed by atoms with Gasteiger partial charge in [-0.2, -0.15) is 13.2 Å². The number of rotatable bonds is 12. The van der Waals surface area contributed by atoms with Gasteiger partial charge in [-0.25, -0.2) is 4.79 Å². The van der Waals surface area contributed by atoms with Crippen LogP contribution in [0.25, 0.3) is 0 Å². The Morgan fingerprint density at radius 1 is 1.06 bits per heavy atom. The molecule has 0 aliphatic rings. The molecule has 0 radical (unpaired) electrons. The van der Waals surface area contributed by atoms with Crippen molar-refractivity contribution in [2.45, 2.75) is 53.8 Å². The molecule has 36 heavy (non-hydrogen) atoms. The predicted octanol–water partition coefficient (Wildman–Crippen LogP) is 5.07. The van der Waals surface area contributed by atoms with Crippen molar-refractivity contribution in [2.75, 3.05) is 32.9 Å². The third kappa shape index (κ3) is 6.75. The molecule has 0 bridgehead atoms. The largest absolute Gasteiger partial charge is 0.461 e. The SMILES string of the molecule is CCOCCCN(CC(=O)c1c(C)c(C(=O)OCC)n(CC)c1C)C(=O)c1cccc(C(F)(F)F)c1. The number of benzene rings is 1. The van der Waals surface area contributed by atoms with Crippen LogP contribution in [0.4, 0.5) is 13.2 Å². The van der Waals surface area contributed by atoms with Crippen molar-refractivity contribution in [3.8, 4) is 0 Å². The first-order chi connectivity index (χ1) is 17.0. The van der Waals surface area contributed by atoms with Crippen LogP contribution in [0.1, 0.15) is 75.2 Å². The molecule has 0 saturated heterocycles. The number of carbonyl (C=O) groups excluding carboxylic acids is 3. The molecule has 0 aliphatic heterocycles. The highest BCUT2D eigenvalue weighted by Gasteiger charge is 2.32. The van der Waals surface area contributed by atoms with Crippen molar-refractivity contribution in [3.05, 3.63) is 57.9 Å². The minimum atomic E-state index is -4.60. The van der Waals surface area contributed by atoms with Crippen LogP contribution in [0.2, 0.25) is 0 Å². The van der Waals surface area contributed by atoms with E-state index in [0.29, 0.717) is 43.0 Å². The number of ketones is 1. The van der Waals surface area contributed by atoms with E-state index in [2.05, 4.69) is 0 Å². The van der Waals surface area contributed by atoms with Crippen LogP contribution in [-0.4, -0.2) is 60.0 Å². The van der Waals surface area contributed by atoms with Gasteiger partial charge in [-0.1, -0.05) is 6.07 Å². The molecule has 0 atom stereocenters. The van der Waals surface area contributed by atoms with Crippen molar-refractivity contribution in [3.63, 3.8) is 0 Å². The molecule has 0 spiro atoms. The average molecular weight is 511 g/mol. The molecule has 0 saturated carbocycles. The number of hydrogen-bond acceptors (Lipinski definition) is 5. The number of esters is 1. The lowest BCUT2D eigenvalue weighted by atomic mass is 10.0. The van der Waals surface area contributed by atoms with Gasteiger partial charge < -0.3 is 18.9 Å². The Labute approximate surface area is 209 Å². The molecule has 7 nitrogen and oxygen atoms in total. The zero-order chi connectivity index (χ0) is 27.0. The number of Topliss-reactive ketones (excluding diaryl/α,β-unsaturated/α-hetero) is 1. The van der Waals surface area contributed by atoms with Gasteiger partial charge in [0.25, 0.3) is 5.91 Å². The fourth-order valence-corrected chi connectivity index (χ4v) is 4.18. The smallest absolute Gasteiger partial charge is 0.416 e. The maximum atomic E-state index is 13.4. The summed E-state index contributed by atoms with van der Waals surface area (Å²) < 4.78 is 51.8. The van der Waals surface area contributed by atoms with Crippen LogP contribution in [0.3, 0.4) is 0 Å². The van der Waals surface area contributed by atoms with Crippen molar-refractivity contribution >= 4 is 17.7 Å². The topological polar surface area (TPSA) is 77.8 Å². The molecule has 0 unspecified atom stereocenters. The summed E-state index contributed by atoms with van der Waals surface area (Å²) in [5, 5.41) is 0. The molecule has 2 rings (SSSR count). The number of halogens is 3. The summed E-state index contributed by atoms with van der Waals surface area (Å²) in [5.41, 5.74) is 0.460. The van der Waals surface area contributed by atoms with Crippen molar-refractivity contribution < 1.29 is 37.0 Å². The Morgan fingerprint density at radius 3 is 2.33 bits per heavy atom. The van der Waals surface area contributed by atoms with Crippen LogP contribution < -0.4 is 0 Å². The molecule has 2 aromatic rings. The Balaban J connectivity index is 2.41. The molecular weight excluding hydrogens is 477 g/mol. The number of ether oxygens (including phenoxy) is 2. The first kappa shape index (κ1) is 29.1. The molecule has 1 aromatic heterocycles. The van der Waals surface area contributed by atoms with Gasteiger partial charge in [0.15, 0.2) is 5.78 Å². The summed E-state index contributed by atoms with van der Waals surface area (Å²) in [4.78, 5) is 40.4. The molecule has 0 fully saturated rings. The second-order valence-electron chi connectivity index (χ2n) is 8.18. The maximum Gasteiger partial charge on any atom is 0.416 e. The molecule has 198 valence electrons. The van der Waals surface area contributed by atoms with E-state index in [1.54, 1.807) is 25.3 Å². The first-order valence-electron chi connectivity index (χ1n) is 11.9.